The minimum absolute atomic E-state index is 0.00642. The maximum atomic E-state index is 13.0. The van der Waals surface area contributed by atoms with Gasteiger partial charge in [0, 0.05) is 67.0 Å². The van der Waals surface area contributed by atoms with E-state index in [-0.39, 0.29) is 24.0 Å². The first-order chi connectivity index (χ1) is 15.8. The highest BCUT2D eigenvalue weighted by Gasteiger charge is 2.26. The summed E-state index contributed by atoms with van der Waals surface area (Å²) in [7, 11) is 0. The summed E-state index contributed by atoms with van der Waals surface area (Å²) in [4.78, 5) is 31.7. The second kappa shape index (κ2) is 10.4. The first-order valence-electron chi connectivity index (χ1n) is 11.3. The molecule has 2 heterocycles. The van der Waals surface area contributed by atoms with E-state index in [0.29, 0.717) is 47.4 Å². The van der Waals surface area contributed by atoms with Gasteiger partial charge < -0.3 is 14.5 Å². The predicted molar refractivity (Wildman–Crippen MR) is 130 cm³/mol. The van der Waals surface area contributed by atoms with Crippen molar-refractivity contribution in [2.75, 3.05) is 39.3 Å². The van der Waals surface area contributed by atoms with E-state index in [4.69, 9.17) is 27.9 Å². The van der Waals surface area contributed by atoms with Gasteiger partial charge in [-0.3, -0.25) is 14.5 Å². The minimum Gasteiger partial charge on any atom is -0.373 e. The third-order valence-electron chi connectivity index (χ3n) is 6.07. The molecule has 6 nitrogen and oxygen atoms in total. The van der Waals surface area contributed by atoms with Gasteiger partial charge in [-0.2, -0.15) is 0 Å². The molecule has 2 saturated heterocycles. The lowest BCUT2D eigenvalue weighted by Gasteiger charge is -2.35. The van der Waals surface area contributed by atoms with Crippen LogP contribution in [0, 0.1) is 0 Å². The number of piperazine rings is 1. The van der Waals surface area contributed by atoms with Crippen LogP contribution in [0.2, 0.25) is 10.0 Å². The number of carbonyl (C=O) groups excluding carboxylic acids is 2. The van der Waals surface area contributed by atoms with Gasteiger partial charge in [-0.25, -0.2) is 0 Å². The summed E-state index contributed by atoms with van der Waals surface area (Å²) in [6.45, 7) is 8.80. The lowest BCUT2D eigenvalue weighted by molar-refractivity contribution is -0.0704. The van der Waals surface area contributed by atoms with Crippen molar-refractivity contribution in [1.29, 1.82) is 0 Å². The number of morpholine rings is 1. The van der Waals surface area contributed by atoms with Gasteiger partial charge in [-0.1, -0.05) is 35.3 Å². The van der Waals surface area contributed by atoms with Crippen LogP contribution in [0.3, 0.4) is 0 Å². The van der Waals surface area contributed by atoms with Crippen molar-refractivity contribution in [2.24, 2.45) is 0 Å². The van der Waals surface area contributed by atoms with Gasteiger partial charge >= 0.3 is 0 Å². The van der Waals surface area contributed by atoms with Crippen molar-refractivity contribution in [1.82, 2.24) is 14.7 Å². The van der Waals surface area contributed by atoms with E-state index in [1.54, 1.807) is 28.0 Å². The molecule has 2 aliphatic rings. The average Bonchev–Trinajstić information content (AvgIpc) is 2.77. The highest BCUT2D eigenvalue weighted by Crippen LogP contribution is 2.21. The number of hydrogen-bond donors (Lipinski definition) is 0. The van der Waals surface area contributed by atoms with Crippen LogP contribution in [0.25, 0.3) is 0 Å². The normalized spacial score (nSPS) is 21.8. The lowest BCUT2D eigenvalue weighted by atomic mass is 10.1. The Morgan fingerprint density at radius 2 is 1.30 bits per heavy atom. The molecule has 2 aliphatic heterocycles. The van der Waals surface area contributed by atoms with Crippen molar-refractivity contribution in [3.8, 4) is 0 Å². The zero-order valence-electron chi connectivity index (χ0n) is 19.0. The maximum absolute atomic E-state index is 13.0. The van der Waals surface area contributed by atoms with Gasteiger partial charge in [-0.05, 0) is 49.7 Å². The number of amides is 2. The van der Waals surface area contributed by atoms with Crippen molar-refractivity contribution in [3.05, 3.63) is 69.2 Å². The van der Waals surface area contributed by atoms with Gasteiger partial charge in [0.1, 0.15) is 0 Å². The van der Waals surface area contributed by atoms with Gasteiger partial charge in [0.05, 0.1) is 12.2 Å². The van der Waals surface area contributed by atoms with E-state index in [0.717, 1.165) is 19.6 Å². The Labute approximate surface area is 205 Å². The zero-order chi connectivity index (χ0) is 23.5. The Hall–Kier alpha value is -2.12. The average molecular weight is 490 g/mol. The molecule has 176 valence electrons. The Morgan fingerprint density at radius 1 is 0.818 bits per heavy atom. The molecule has 33 heavy (non-hydrogen) atoms. The molecular weight excluding hydrogens is 461 g/mol. The Bertz CT molecular complexity index is 976. The summed E-state index contributed by atoms with van der Waals surface area (Å²) >= 11 is 12.1. The van der Waals surface area contributed by atoms with E-state index in [2.05, 4.69) is 18.7 Å². The van der Waals surface area contributed by atoms with Crippen LogP contribution in [0.1, 0.15) is 40.1 Å². The number of carbonyl (C=O) groups is 2. The van der Waals surface area contributed by atoms with Crippen molar-refractivity contribution >= 4 is 35.0 Å². The fraction of sp³-hybridized carbons (Fsp3) is 0.440. The predicted octanol–water partition coefficient (Wildman–Crippen LogP) is 4.20. The van der Waals surface area contributed by atoms with Crippen LogP contribution < -0.4 is 0 Å². The van der Waals surface area contributed by atoms with Crippen LogP contribution in [0.4, 0.5) is 0 Å². The Morgan fingerprint density at radius 3 is 1.82 bits per heavy atom. The van der Waals surface area contributed by atoms with Gasteiger partial charge in [0.15, 0.2) is 0 Å². The van der Waals surface area contributed by atoms with E-state index in [1.807, 2.05) is 24.3 Å². The standard InChI is InChI=1S/C25H29Cl2N3O3/c1-17-14-28(15-18(2)33-17)16-19-3-5-20(6-4-19)24(31)29-7-9-30(10-8-29)25(32)21-11-22(26)13-23(27)12-21/h3-6,11-13,17-18H,7-10,14-16H2,1-2H3. The SMILES string of the molecule is CC1CN(Cc2ccc(C(=O)N3CCN(C(=O)c4cc(Cl)cc(Cl)c4)CC3)cc2)CC(C)O1. The van der Waals surface area contributed by atoms with Gasteiger partial charge in [-0.15, -0.1) is 0 Å². The zero-order valence-corrected chi connectivity index (χ0v) is 20.5. The number of ether oxygens (including phenoxy) is 1. The fourth-order valence-corrected chi connectivity index (χ4v) is 5.11. The number of halogens is 2. The van der Waals surface area contributed by atoms with Gasteiger partial charge in [0.25, 0.3) is 11.8 Å². The largest absolute Gasteiger partial charge is 0.373 e. The van der Waals surface area contributed by atoms with Crippen LogP contribution >= 0.6 is 23.2 Å². The molecular formula is C25H29Cl2N3O3. The summed E-state index contributed by atoms with van der Waals surface area (Å²) in [6.07, 6.45) is 0.465. The van der Waals surface area contributed by atoms with Crippen LogP contribution in [-0.2, 0) is 11.3 Å². The molecule has 0 N–H and O–H groups in total. The monoisotopic (exact) mass is 489 g/mol. The highest BCUT2D eigenvalue weighted by molar-refractivity contribution is 6.35. The number of hydrogen-bond acceptors (Lipinski definition) is 4. The molecule has 2 aromatic rings. The smallest absolute Gasteiger partial charge is 0.254 e. The second-order valence-corrected chi connectivity index (χ2v) is 9.76. The van der Waals surface area contributed by atoms with E-state index >= 15 is 0 Å². The molecule has 0 bridgehead atoms. The number of benzene rings is 2. The summed E-state index contributed by atoms with van der Waals surface area (Å²) < 4.78 is 5.80. The van der Waals surface area contributed by atoms with Crippen molar-refractivity contribution < 1.29 is 14.3 Å². The third-order valence-corrected chi connectivity index (χ3v) is 6.50. The summed E-state index contributed by atoms with van der Waals surface area (Å²) in [6, 6.07) is 12.7. The lowest BCUT2D eigenvalue weighted by Crippen LogP contribution is -2.50. The van der Waals surface area contributed by atoms with Crippen LogP contribution in [-0.4, -0.2) is 78.0 Å². The summed E-state index contributed by atoms with van der Waals surface area (Å²) in [5.41, 5.74) is 2.32. The van der Waals surface area contributed by atoms with E-state index in [1.165, 1.54) is 5.56 Å². The molecule has 0 radical (unpaired) electrons. The molecule has 2 atom stereocenters. The molecule has 8 heteroatoms. The van der Waals surface area contributed by atoms with Crippen molar-refractivity contribution in [3.63, 3.8) is 0 Å². The maximum Gasteiger partial charge on any atom is 0.254 e. The van der Waals surface area contributed by atoms with Crippen LogP contribution in [0.5, 0.6) is 0 Å². The molecule has 0 aromatic heterocycles. The number of rotatable bonds is 4. The molecule has 4 rings (SSSR count). The molecule has 0 saturated carbocycles. The third kappa shape index (κ3) is 6.07. The minimum atomic E-state index is -0.123. The van der Waals surface area contributed by atoms with Crippen LogP contribution in [0.15, 0.2) is 42.5 Å². The topological polar surface area (TPSA) is 53.1 Å². The van der Waals surface area contributed by atoms with Crippen molar-refractivity contribution in [2.45, 2.75) is 32.6 Å². The van der Waals surface area contributed by atoms with Gasteiger partial charge in [0.2, 0.25) is 0 Å². The Kier molecular flexibility index (Phi) is 7.59. The quantitative estimate of drug-likeness (QED) is 0.645. The van der Waals surface area contributed by atoms with E-state index in [9.17, 15) is 9.59 Å². The Balaban J connectivity index is 1.31. The molecule has 2 amide bonds. The summed E-state index contributed by atoms with van der Waals surface area (Å²) in [5.74, 6) is -0.129. The molecule has 2 unspecified atom stereocenters. The molecule has 2 aromatic carbocycles. The second-order valence-electron chi connectivity index (χ2n) is 8.89. The molecule has 0 aliphatic carbocycles. The number of nitrogens with zero attached hydrogens (tertiary/aromatic N) is 3. The summed E-state index contributed by atoms with van der Waals surface area (Å²) in [5, 5.41) is 0.863. The fourth-order valence-electron chi connectivity index (χ4n) is 4.58. The first kappa shape index (κ1) is 24.0. The molecule has 2 fully saturated rings. The molecule has 0 spiro atoms. The highest BCUT2D eigenvalue weighted by atomic mass is 35.5. The van der Waals surface area contributed by atoms with E-state index < -0.39 is 0 Å². The first-order valence-corrected chi connectivity index (χ1v) is 12.1.